The van der Waals surface area contributed by atoms with Crippen molar-refractivity contribution in [3.63, 3.8) is 0 Å². The molecule has 1 N–H and O–H groups in total. The number of aryl methyl sites for hydroxylation is 3. The molecule has 0 radical (unpaired) electrons. The molecule has 2 heterocycles. The summed E-state index contributed by atoms with van der Waals surface area (Å²) in [7, 11) is 0. The van der Waals surface area contributed by atoms with Gasteiger partial charge in [-0.05, 0) is 26.3 Å². The van der Waals surface area contributed by atoms with Crippen molar-refractivity contribution in [2.75, 3.05) is 6.54 Å². The monoisotopic (exact) mass is 397 g/mol. The van der Waals surface area contributed by atoms with E-state index in [1.807, 2.05) is 0 Å². The Bertz CT molecular complexity index is 769. The molecule has 0 saturated carbocycles. The Morgan fingerprint density at radius 2 is 1.92 bits per heavy atom. The molecule has 0 atom stereocenters. The predicted molar refractivity (Wildman–Crippen MR) is 86.6 cm³/mol. The van der Waals surface area contributed by atoms with Crippen molar-refractivity contribution in [3.8, 4) is 0 Å². The molecule has 1 amide bonds. The lowest BCUT2D eigenvalue weighted by molar-refractivity contribution is -0.144. The molecule has 0 aliphatic carbocycles. The highest BCUT2D eigenvalue weighted by Crippen LogP contribution is 2.29. The molecule has 6 nitrogen and oxygen atoms in total. The summed E-state index contributed by atoms with van der Waals surface area (Å²) in [6.07, 6.45) is -4.07. The molecule has 0 saturated heterocycles. The molecule has 2 aromatic heterocycles. The van der Waals surface area contributed by atoms with Gasteiger partial charge >= 0.3 is 6.18 Å². The van der Waals surface area contributed by atoms with E-state index < -0.39 is 24.3 Å². The summed E-state index contributed by atoms with van der Waals surface area (Å²) in [6, 6.07) is 0.902. The van der Waals surface area contributed by atoms with Gasteiger partial charge in [0.1, 0.15) is 22.4 Å². The van der Waals surface area contributed by atoms with Crippen molar-refractivity contribution in [2.24, 2.45) is 0 Å². The van der Waals surface area contributed by atoms with Crippen LogP contribution >= 0.6 is 23.2 Å². The molecule has 11 heteroatoms. The maximum atomic E-state index is 12.9. The maximum Gasteiger partial charge on any atom is 0.433 e. The summed E-state index contributed by atoms with van der Waals surface area (Å²) in [5, 5.41) is 11.1. The molecule has 0 bridgehead atoms. The maximum absolute atomic E-state index is 12.9. The van der Waals surface area contributed by atoms with Crippen molar-refractivity contribution < 1.29 is 18.0 Å². The number of rotatable bonds is 6. The predicted octanol–water partition coefficient (Wildman–Crippen LogP) is 3.23. The largest absolute Gasteiger partial charge is 0.433 e. The minimum atomic E-state index is -4.56. The van der Waals surface area contributed by atoms with E-state index in [0.717, 1.165) is 6.07 Å². The number of carbonyl (C=O) groups is 1. The molecule has 0 unspecified atom stereocenters. The zero-order valence-corrected chi connectivity index (χ0v) is 15.0. The highest BCUT2D eigenvalue weighted by Gasteiger charge is 2.35. The van der Waals surface area contributed by atoms with Crippen LogP contribution in [0.25, 0.3) is 0 Å². The molecule has 0 fully saturated rings. The van der Waals surface area contributed by atoms with Gasteiger partial charge in [-0.3, -0.25) is 14.2 Å². The number of halogens is 5. The SMILES string of the molecule is Cc1cc(C(F)(F)F)n(CC(=O)NCCCn2nc(C)c(Cl)c2Cl)n1. The molecular weight excluding hydrogens is 382 g/mol. The smallest absolute Gasteiger partial charge is 0.354 e. The normalized spacial score (nSPS) is 11.8. The van der Waals surface area contributed by atoms with Crippen LogP contribution in [0.4, 0.5) is 13.2 Å². The van der Waals surface area contributed by atoms with Crippen molar-refractivity contribution in [1.29, 1.82) is 0 Å². The zero-order chi connectivity index (χ0) is 18.8. The van der Waals surface area contributed by atoms with Gasteiger partial charge in [0.15, 0.2) is 0 Å². The van der Waals surface area contributed by atoms with E-state index in [0.29, 0.717) is 33.5 Å². The molecule has 0 aliphatic rings. The lowest BCUT2D eigenvalue weighted by Crippen LogP contribution is -2.31. The van der Waals surface area contributed by atoms with E-state index in [4.69, 9.17) is 23.2 Å². The van der Waals surface area contributed by atoms with Crippen molar-refractivity contribution in [2.45, 2.75) is 39.5 Å². The first-order chi connectivity index (χ1) is 11.6. The van der Waals surface area contributed by atoms with Crippen molar-refractivity contribution in [1.82, 2.24) is 24.9 Å². The van der Waals surface area contributed by atoms with Gasteiger partial charge in [0.2, 0.25) is 5.91 Å². The Balaban J connectivity index is 1.84. The van der Waals surface area contributed by atoms with E-state index in [1.54, 1.807) is 6.92 Å². The lowest BCUT2D eigenvalue weighted by Gasteiger charge is -2.10. The van der Waals surface area contributed by atoms with Gasteiger partial charge < -0.3 is 5.32 Å². The van der Waals surface area contributed by atoms with Gasteiger partial charge in [-0.25, -0.2) is 0 Å². The molecule has 0 aromatic carbocycles. The van der Waals surface area contributed by atoms with E-state index in [2.05, 4.69) is 15.5 Å². The third kappa shape index (κ3) is 4.88. The van der Waals surface area contributed by atoms with Crippen LogP contribution in [0.3, 0.4) is 0 Å². The second kappa shape index (κ2) is 7.65. The van der Waals surface area contributed by atoms with E-state index >= 15 is 0 Å². The second-order valence-corrected chi connectivity index (χ2v) is 6.18. The fourth-order valence-electron chi connectivity index (χ4n) is 2.22. The molecule has 25 heavy (non-hydrogen) atoms. The summed E-state index contributed by atoms with van der Waals surface area (Å²) in [5.74, 6) is -0.561. The average Bonchev–Trinajstić information content (AvgIpc) is 2.99. The number of nitrogens with zero attached hydrogens (tertiary/aromatic N) is 4. The zero-order valence-electron chi connectivity index (χ0n) is 13.5. The first-order valence-corrected chi connectivity index (χ1v) is 8.12. The van der Waals surface area contributed by atoms with Crippen molar-refractivity contribution >= 4 is 29.1 Å². The molecule has 0 aliphatic heterocycles. The Morgan fingerprint density at radius 1 is 1.24 bits per heavy atom. The van der Waals surface area contributed by atoms with Crippen LogP contribution in [0.1, 0.15) is 23.5 Å². The molecule has 2 aromatic rings. The number of aromatic nitrogens is 4. The van der Waals surface area contributed by atoms with E-state index in [9.17, 15) is 18.0 Å². The quantitative estimate of drug-likeness (QED) is 0.760. The number of hydrogen-bond acceptors (Lipinski definition) is 3. The third-order valence-electron chi connectivity index (χ3n) is 3.35. The Kier molecular flexibility index (Phi) is 5.99. The summed E-state index contributed by atoms with van der Waals surface area (Å²) >= 11 is 11.9. The summed E-state index contributed by atoms with van der Waals surface area (Å²) in [6.45, 7) is 3.33. The van der Waals surface area contributed by atoms with Crippen LogP contribution in [0, 0.1) is 13.8 Å². The molecule has 138 valence electrons. The van der Waals surface area contributed by atoms with Gasteiger partial charge in [-0.15, -0.1) is 0 Å². The van der Waals surface area contributed by atoms with E-state index in [-0.39, 0.29) is 12.2 Å². The van der Waals surface area contributed by atoms with Crippen LogP contribution in [-0.2, 0) is 24.1 Å². The number of hydrogen-bond donors (Lipinski definition) is 1. The average molecular weight is 398 g/mol. The van der Waals surface area contributed by atoms with Crippen molar-refractivity contribution in [3.05, 3.63) is 33.3 Å². The van der Waals surface area contributed by atoms with Gasteiger partial charge in [0.05, 0.1) is 11.4 Å². The summed E-state index contributed by atoms with van der Waals surface area (Å²) in [4.78, 5) is 11.8. The Hall–Kier alpha value is -1.74. The molecule has 0 spiro atoms. The first-order valence-electron chi connectivity index (χ1n) is 7.36. The minimum absolute atomic E-state index is 0.195. The highest BCUT2D eigenvalue weighted by molar-refractivity contribution is 6.41. The number of nitrogens with one attached hydrogen (secondary N) is 1. The molecule has 2 rings (SSSR count). The first kappa shape index (κ1) is 19.6. The van der Waals surface area contributed by atoms with Gasteiger partial charge in [-0.2, -0.15) is 23.4 Å². The summed E-state index contributed by atoms with van der Waals surface area (Å²) in [5.41, 5.74) is -0.154. The summed E-state index contributed by atoms with van der Waals surface area (Å²) < 4.78 is 40.7. The number of amides is 1. The minimum Gasteiger partial charge on any atom is -0.354 e. The van der Waals surface area contributed by atoms with E-state index in [1.165, 1.54) is 11.6 Å². The fraction of sp³-hybridized carbons (Fsp3) is 0.500. The van der Waals surface area contributed by atoms with Crippen LogP contribution in [-0.4, -0.2) is 32.0 Å². The lowest BCUT2D eigenvalue weighted by atomic mass is 10.3. The van der Waals surface area contributed by atoms with Gasteiger partial charge in [-0.1, -0.05) is 23.2 Å². The highest BCUT2D eigenvalue weighted by atomic mass is 35.5. The van der Waals surface area contributed by atoms with Gasteiger partial charge in [0, 0.05) is 13.1 Å². The van der Waals surface area contributed by atoms with Gasteiger partial charge in [0.25, 0.3) is 0 Å². The number of carbonyl (C=O) groups excluding carboxylic acids is 1. The topological polar surface area (TPSA) is 64.7 Å². The Labute approximate surface area is 151 Å². The van der Waals surface area contributed by atoms with Crippen LogP contribution in [0.5, 0.6) is 0 Å². The second-order valence-electron chi connectivity index (χ2n) is 5.44. The third-order valence-corrected chi connectivity index (χ3v) is 4.28. The van der Waals surface area contributed by atoms with Crippen LogP contribution in [0.15, 0.2) is 6.07 Å². The number of alkyl halides is 3. The standard InChI is InChI=1S/C14H16Cl2F3N5O/c1-8-6-10(14(17,18)19)24(21-8)7-11(25)20-4-3-5-23-13(16)12(15)9(2)22-23/h6H,3-5,7H2,1-2H3,(H,20,25). The van der Waals surface area contributed by atoms with Crippen LogP contribution < -0.4 is 5.32 Å². The van der Waals surface area contributed by atoms with Crippen LogP contribution in [0.2, 0.25) is 10.2 Å². The molecular formula is C14H16Cl2F3N5O. The Morgan fingerprint density at radius 3 is 2.48 bits per heavy atom. The fourth-order valence-corrected chi connectivity index (χ4v) is 2.62.